The van der Waals surface area contributed by atoms with Crippen molar-refractivity contribution in [1.29, 1.82) is 0 Å². The van der Waals surface area contributed by atoms with E-state index in [1.165, 1.54) is 5.56 Å². The molecule has 4 rings (SSSR count). The second kappa shape index (κ2) is 5.83. The van der Waals surface area contributed by atoms with Crippen LogP contribution in [0.15, 0.2) is 41.1 Å². The summed E-state index contributed by atoms with van der Waals surface area (Å²) in [6, 6.07) is 10.1. The van der Waals surface area contributed by atoms with E-state index in [0.29, 0.717) is 24.0 Å². The summed E-state index contributed by atoms with van der Waals surface area (Å²) >= 11 is 0. The Hall–Kier alpha value is -2.54. The lowest BCUT2D eigenvalue weighted by atomic mass is 9.97. The van der Waals surface area contributed by atoms with Gasteiger partial charge in [-0.15, -0.1) is 5.10 Å². The van der Waals surface area contributed by atoms with Gasteiger partial charge in [0, 0.05) is 12.1 Å². The first-order valence-corrected chi connectivity index (χ1v) is 8.12. The summed E-state index contributed by atoms with van der Waals surface area (Å²) in [7, 11) is 0. The third-order valence-corrected chi connectivity index (χ3v) is 4.33. The molecule has 1 fully saturated rings. The Bertz CT molecular complexity index is 822. The van der Waals surface area contributed by atoms with Crippen molar-refractivity contribution in [2.45, 2.75) is 38.3 Å². The molecule has 0 radical (unpaired) electrons. The lowest BCUT2D eigenvalue weighted by Gasteiger charge is -2.16. The SMILES string of the molecule is CC1(C)CC(c2nc(-c3cn(Cc4ccccc4)nn3)no2)CN1. The normalized spacial score (nSPS) is 19.7. The topological polar surface area (TPSA) is 81.7 Å². The number of hydrogen-bond acceptors (Lipinski definition) is 6. The van der Waals surface area contributed by atoms with Gasteiger partial charge >= 0.3 is 0 Å². The summed E-state index contributed by atoms with van der Waals surface area (Å²) < 4.78 is 7.22. The molecule has 7 nitrogen and oxygen atoms in total. The van der Waals surface area contributed by atoms with E-state index in [1.54, 1.807) is 4.68 Å². The average molecular weight is 324 g/mol. The Morgan fingerprint density at radius 2 is 2.12 bits per heavy atom. The van der Waals surface area contributed by atoms with Crippen LogP contribution in [0.2, 0.25) is 0 Å². The molecule has 0 bridgehead atoms. The fourth-order valence-electron chi connectivity index (χ4n) is 3.09. The zero-order chi connectivity index (χ0) is 16.6. The number of nitrogens with one attached hydrogen (secondary N) is 1. The molecule has 1 aromatic carbocycles. The number of benzene rings is 1. The van der Waals surface area contributed by atoms with Gasteiger partial charge in [0.25, 0.3) is 0 Å². The van der Waals surface area contributed by atoms with Gasteiger partial charge in [0.2, 0.25) is 11.7 Å². The minimum atomic E-state index is 0.109. The summed E-state index contributed by atoms with van der Waals surface area (Å²) in [6.45, 7) is 5.88. The molecule has 1 saturated heterocycles. The van der Waals surface area contributed by atoms with Crippen molar-refractivity contribution in [1.82, 2.24) is 30.5 Å². The summed E-state index contributed by atoms with van der Waals surface area (Å²) in [5.74, 6) is 1.41. The van der Waals surface area contributed by atoms with Crippen LogP contribution in [0.4, 0.5) is 0 Å². The number of rotatable bonds is 4. The molecule has 124 valence electrons. The summed E-state index contributed by atoms with van der Waals surface area (Å²) in [5, 5.41) is 15.8. The van der Waals surface area contributed by atoms with Crippen molar-refractivity contribution in [2.24, 2.45) is 0 Å². The van der Waals surface area contributed by atoms with Gasteiger partial charge in [0.05, 0.1) is 18.7 Å². The smallest absolute Gasteiger partial charge is 0.231 e. The van der Waals surface area contributed by atoms with Crippen LogP contribution in [0.5, 0.6) is 0 Å². The Balaban J connectivity index is 1.49. The van der Waals surface area contributed by atoms with Crippen molar-refractivity contribution in [3.8, 4) is 11.5 Å². The maximum absolute atomic E-state index is 5.45. The zero-order valence-electron chi connectivity index (χ0n) is 13.8. The highest BCUT2D eigenvalue weighted by Gasteiger charge is 2.34. The lowest BCUT2D eigenvalue weighted by molar-refractivity contribution is 0.353. The van der Waals surface area contributed by atoms with E-state index in [2.05, 4.69) is 51.7 Å². The first kappa shape index (κ1) is 15.0. The summed E-state index contributed by atoms with van der Waals surface area (Å²) in [6.07, 6.45) is 2.83. The van der Waals surface area contributed by atoms with Gasteiger partial charge in [-0.2, -0.15) is 4.98 Å². The van der Waals surface area contributed by atoms with E-state index < -0.39 is 0 Å². The molecule has 7 heteroatoms. The predicted octanol–water partition coefficient (Wildman–Crippen LogP) is 2.23. The Kier molecular flexibility index (Phi) is 3.65. The highest BCUT2D eigenvalue weighted by atomic mass is 16.5. The van der Waals surface area contributed by atoms with Gasteiger partial charge in [0.1, 0.15) is 0 Å². The standard InChI is InChI=1S/C17H20N6O/c1-17(2)8-13(9-18-17)16-19-15(21-24-16)14-11-23(22-20-14)10-12-6-4-3-5-7-12/h3-7,11,13,18H,8-10H2,1-2H3. The molecular formula is C17H20N6O. The molecule has 0 saturated carbocycles. The van der Waals surface area contributed by atoms with Gasteiger partial charge in [0.15, 0.2) is 5.69 Å². The van der Waals surface area contributed by atoms with Gasteiger partial charge in [-0.25, -0.2) is 4.68 Å². The molecule has 24 heavy (non-hydrogen) atoms. The monoisotopic (exact) mass is 324 g/mol. The zero-order valence-corrected chi connectivity index (χ0v) is 13.8. The molecule has 3 aromatic rings. The Morgan fingerprint density at radius 1 is 1.29 bits per heavy atom. The summed E-state index contributed by atoms with van der Waals surface area (Å²) in [4.78, 5) is 4.51. The molecule has 0 aliphatic carbocycles. The first-order chi connectivity index (χ1) is 11.6. The van der Waals surface area contributed by atoms with Crippen molar-refractivity contribution in [2.75, 3.05) is 6.54 Å². The minimum absolute atomic E-state index is 0.109. The van der Waals surface area contributed by atoms with Gasteiger partial charge in [-0.05, 0) is 25.8 Å². The third kappa shape index (κ3) is 3.07. The highest BCUT2D eigenvalue weighted by Crippen LogP contribution is 2.31. The van der Waals surface area contributed by atoms with Crippen LogP contribution >= 0.6 is 0 Å². The van der Waals surface area contributed by atoms with E-state index in [0.717, 1.165) is 13.0 Å². The maximum atomic E-state index is 5.45. The Morgan fingerprint density at radius 3 is 2.88 bits per heavy atom. The van der Waals surface area contributed by atoms with Crippen LogP contribution in [0.3, 0.4) is 0 Å². The van der Waals surface area contributed by atoms with Crippen molar-refractivity contribution >= 4 is 0 Å². The van der Waals surface area contributed by atoms with Crippen LogP contribution in [-0.4, -0.2) is 37.2 Å². The Labute approximate surface area is 140 Å². The molecule has 1 unspecified atom stereocenters. The van der Waals surface area contributed by atoms with E-state index >= 15 is 0 Å². The van der Waals surface area contributed by atoms with Crippen LogP contribution in [0.25, 0.3) is 11.5 Å². The van der Waals surface area contributed by atoms with Gasteiger partial charge in [-0.1, -0.05) is 40.7 Å². The molecular weight excluding hydrogens is 304 g/mol. The second-order valence-electron chi connectivity index (χ2n) is 6.91. The van der Waals surface area contributed by atoms with Crippen molar-refractivity contribution < 1.29 is 4.52 Å². The molecule has 1 atom stereocenters. The molecule has 1 aliphatic rings. The number of hydrogen-bond donors (Lipinski definition) is 1. The molecule has 1 aliphatic heterocycles. The van der Waals surface area contributed by atoms with E-state index in [4.69, 9.17) is 4.52 Å². The van der Waals surface area contributed by atoms with Crippen LogP contribution in [0, 0.1) is 0 Å². The van der Waals surface area contributed by atoms with E-state index in [1.807, 2.05) is 24.4 Å². The molecule has 1 N–H and O–H groups in total. The second-order valence-corrected chi connectivity index (χ2v) is 6.91. The minimum Gasteiger partial charge on any atom is -0.339 e. The predicted molar refractivity (Wildman–Crippen MR) is 88.3 cm³/mol. The average Bonchev–Trinajstić information content (AvgIpc) is 3.27. The van der Waals surface area contributed by atoms with Crippen molar-refractivity contribution in [3.63, 3.8) is 0 Å². The molecule has 0 amide bonds. The lowest BCUT2D eigenvalue weighted by Crippen LogP contribution is -2.31. The van der Waals surface area contributed by atoms with E-state index in [9.17, 15) is 0 Å². The van der Waals surface area contributed by atoms with E-state index in [-0.39, 0.29) is 11.5 Å². The quantitative estimate of drug-likeness (QED) is 0.792. The van der Waals surface area contributed by atoms with Crippen LogP contribution < -0.4 is 5.32 Å². The number of nitrogens with zero attached hydrogens (tertiary/aromatic N) is 5. The largest absolute Gasteiger partial charge is 0.339 e. The molecule has 3 heterocycles. The number of aromatic nitrogens is 5. The maximum Gasteiger partial charge on any atom is 0.231 e. The third-order valence-electron chi connectivity index (χ3n) is 4.33. The fraction of sp³-hybridized carbons (Fsp3) is 0.412. The van der Waals surface area contributed by atoms with Gasteiger partial charge < -0.3 is 9.84 Å². The van der Waals surface area contributed by atoms with Crippen LogP contribution in [0.1, 0.15) is 37.6 Å². The van der Waals surface area contributed by atoms with Crippen molar-refractivity contribution in [3.05, 3.63) is 48.0 Å². The first-order valence-electron chi connectivity index (χ1n) is 8.12. The summed E-state index contributed by atoms with van der Waals surface area (Å²) in [5.41, 5.74) is 1.91. The molecule has 2 aromatic heterocycles. The van der Waals surface area contributed by atoms with Gasteiger partial charge in [-0.3, -0.25) is 0 Å². The fourth-order valence-corrected chi connectivity index (χ4v) is 3.09. The highest BCUT2D eigenvalue weighted by molar-refractivity contribution is 5.45. The molecule has 0 spiro atoms. The van der Waals surface area contributed by atoms with Crippen LogP contribution in [-0.2, 0) is 6.54 Å².